The van der Waals surface area contributed by atoms with E-state index in [0.29, 0.717) is 6.04 Å². The molecule has 13 heavy (non-hydrogen) atoms. The summed E-state index contributed by atoms with van der Waals surface area (Å²) in [6.07, 6.45) is 3.79. The summed E-state index contributed by atoms with van der Waals surface area (Å²) in [7, 11) is 0. The zero-order valence-electron chi connectivity index (χ0n) is 8.59. The van der Waals surface area contributed by atoms with Gasteiger partial charge in [-0.05, 0) is 38.6 Å². The van der Waals surface area contributed by atoms with Crippen LogP contribution in [0, 0.1) is 5.92 Å². The Morgan fingerprint density at radius 1 is 1.62 bits per heavy atom. The molecule has 0 bridgehead atoms. The van der Waals surface area contributed by atoms with Crippen molar-refractivity contribution in [2.45, 2.75) is 32.2 Å². The first-order valence-electron chi connectivity index (χ1n) is 5.34. The molecule has 2 atom stereocenters. The Morgan fingerprint density at radius 3 is 3.08 bits per heavy atom. The molecule has 0 aromatic carbocycles. The maximum atomic E-state index is 5.50. The van der Waals surface area contributed by atoms with E-state index in [1.807, 2.05) is 0 Å². The molecule has 1 aliphatic rings. The molecule has 78 valence electrons. The Labute approximate surface area is 81.0 Å². The third kappa shape index (κ3) is 4.60. The summed E-state index contributed by atoms with van der Waals surface area (Å²) in [5.41, 5.74) is 5.50. The molecular weight excluding hydrogens is 164 g/mol. The average molecular weight is 186 g/mol. The number of hydrogen-bond acceptors (Lipinski definition) is 3. The minimum absolute atomic E-state index is 0.449. The number of rotatable bonds is 5. The summed E-state index contributed by atoms with van der Waals surface area (Å²) >= 11 is 0. The lowest BCUT2D eigenvalue weighted by Crippen LogP contribution is -2.35. The van der Waals surface area contributed by atoms with Crippen LogP contribution in [0.15, 0.2) is 0 Å². The van der Waals surface area contributed by atoms with Crippen LogP contribution in [0.25, 0.3) is 0 Å². The first-order valence-corrected chi connectivity index (χ1v) is 5.34. The van der Waals surface area contributed by atoms with Gasteiger partial charge in [0.05, 0.1) is 0 Å². The number of nitrogens with two attached hydrogens (primary N) is 1. The Hall–Kier alpha value is -0.120. The standard InChI is InChI=1S/C10H22N2O/c1-9(7-11)12-5-4-10-3-2-6-13-8-10/h9-10,12H,2-8,11H2,1H3/t9-,10+/m0/s1. The van der Waals surface area contributed by atoms with Gasteiger partial charge in [-0.2, -0.15) is 0 Å². The fourth-order valence-electron chi connectivity index (χ4n) is 1.65. The Kier molecular flexibility index (Phi) is 5.35. The third-order valence-corrected chi connectivity index (χ3v) is 2.65. The van der Waals surface area contributed by atoms with Crippen LogP contribution in [0.3, 0.4) is 0 Å². The van der Waals surface area contributed by atoms with E-state index in [1.54, 1.807) is 0 Å². The lowest BCUT2D eigenvalue weighted by molar-refractivity contribution is 0.0516. The molecule has 0 aromatic rings. The topological polar surface area (TPSA) is 47.3 Å². The lowest BCUT2D eigenvalue weighted by Gasteiger charge is -2.22. The molecule has 3 N–H and O–H groups in total. The Bertz CT molecular complexity index is 124. The van der Waals surface area contributed by atoms with Crippen LogP contribution in [-0.2, 0) is 4.74 Å². The highest BCUT2D eigenvalue weighted by Gasteiger charge is 2.13. The van der Waals surface area contributed by atoms with Gasteiger partial charge in [0.1, 0.15) is 0 Å². The molecule has 3 nitrogen and oxygen atoms in total. The molecule has 1 saturated heterocycles. The van der Waals surface area contributed by atoms with E-state index >= 15 is 0 Å². The minimum Gasteiger partial charge on any atom is -0.381 e. The van der Waals surface area contributed by atoms with Gasteiger partial charge in [0.15, 0.2) is 0 Å². The van der Waals surface area contributed by atoms with Crippen LogP contribution in [-0.4, -0.2) is 32.3 Å². The molecule has 0 saturated carbocycles. The van der Waals surface area contributed by atoms with Crippen molar-refractivity contribution in [3.8, 4) is 0 Å². The van der Waals surface area contributed by atoms with E-state index in [-0.39, 0.29) is 0 Å². The lowest BCUT2D eigenvalue weighted by atomic mass is 9.99. The fourth-order valence-corrected chi connectivity index (χ4v) is 1.65. The summed E-state index contributed by atoms with van der Waals surface area (Å²) in [6.45, 7) is 5.84. The molecule has 1 heterocycles. The number of hydrogen-bond donors (Lipinski definition) is 2. The molecule has 0 aliphatic carbocycles. The smallest absolute Gasteiger partial charge is 0.0494 e. The quantitative estimate of drug-likeness (QED) is 0.666. The number of ether oxygens (including phenoxy) is 1. The van der Waals surface area contributed by atoms with Crippen molar-refractivity contribution in [3.63, 3.8) is 0 Å². The van der Waals surface area contributed by atoms with E-state index in [2.05, 4.69) is 12.2 Å². The van der Waals surface area contributed by atoms with Crippen LogP contribution in [0.1, 0.15) is 26.2 Å². The van der Waals surface area contributed by atoms with Crippen LogP contribution in [0.2, 0.25) is 0 Å². The molecule has 0 radical (unpaired) electrons. The van der Waals surface area contributed by atoms with Crippen LogP contribution in [0.5, 0.6) is 0 Å². The van der Waals surface area contributed by atoms with E-state index in [9.17, 15) is 0 Å². The fraction of sp³-hybridized carbons (Fsp3) is 1.00. The number of nitrogens with one attached hydrogen (secondary N) is 1. The monoisotopic (exact) mass is 186 g/mol. The minimum atomic E-state index is 0.449. The zero-order valence-corrected chi connectivity index (χ0v) is 8.59. The highest BCUT2D eigenvalue weighted by molar-refractivity contribution is 4.67. The van der Waals surface area contributed by atoms with Crippen molar-refractivity contribution in [1.82, 2.24) is 5.32 Å². The van der Waals surface area contributed by atoms with Crippen molar-refractivity contribution in [3.05, 3.63) is 0 Å². The zero-order chi connectivity index (χ0) is 9.52. The highest BCUT2D eigenvalue weighted by Crippen LogP contribution is 2.16. The molecule has 0 amide bonds. The second-order valence-corrected chi connectivity index (χ2v) is 3.96. The van der Waals surface area contributed by atoms with Gasteiger partial charge in [-0.15, -0.1) is 0 Å². The van der Waals surface area contributed by atoms with Gasteiger partial charge < -0.3 is 15.8 Å². The first kappa shape index (κ1) is 11.0. The summed E-state index contributed by atoms with van der Waals surface area (Å²) < 4.78 is 5.41. The van der Waals surface area contributed by atoms with Gasteiger partial charge >= 0.3 is 0 Å². The average Bonchev–Trinajstić information content (AvgIpc) is 2.19. The molecule has 1 aliphatic heterocycles. The third-order valence-electron chi connectivity index (χ3n) is 2.65. The van der Waals surface area contributed by atoms with Gasteiger partial charge in [-0.3, -0.25) is 0 Å². The van der Waals surface area contributed by atoms with E-state index < -0.39 is 0 Å². The second-order valence-electron chi connectivity index (χ2n) is 3.96. The van der Waals surface area contributed by atoms with Gasteiger partial charge in [-0.1, -0.05) is 0 Å². The maximum absolute atomic E-state index is 5.50. The van der Waals surface area contributed by atoms with Crippen molar-refractivity contribution in [2.24, 2.45) is 11.7 Å². The van der Waals surface area contributed by atoms with Crippen molar-refractivity contribution >= 4 is 0 Å². The van der Waals surface area contributed by atoms with Crippen molar-refractivity contribution in [1.29, 1.82) is 0 Å². The van der Waals surface area contributed by atoms with Crippen molar-refractivity contribution in [2.75, 3.05) is 26.3 Å². The predicted molar refractivity (Wildman–Crippen MR) is 54.7 cm³/mol. The van der Waals surface area contributed by atoms with E-state index in [0.717, 1.165) is 32.2 Å². The normalized spacial score (nSPS) is 25.8. The summed E-state index contributed by atoms with van der Waals surface area (Å²) in [5, 5.41) is 3.40. The molecule has 3 heteroatoms. The van der Waals surface area contributed by atoms with E-state index in [1.165, 1.54) is 19.3 Å². The Balaban J connectivity index is 1.98. The summed E-state index contributed by atoms with van der Waals surface area (Å²) in [6, 6.07) is 0.449. The Morgan fingerprint density at radius 2 is 2.46 bits per heavy atom. The van der Waals surface area contributed by atoms with Gasteiger partial charge in [0.25, 0.3) is 0 Å². The molecule has 1 rings (SSSR count). The predicted octanol–water partition coefficient (Wildman–Crippen LogP) is 0.740. The molecule has 0 aromatic heterocycles. The van der Waals surface area contributed by atoms with Crippen LogP contribution in [0.4, 0.5) is 0 Å². The largest absolute Gasteiger partial charge is 0.381 e. The molecule has 0 unspecified atom stereocenters. The van der Waals surface area contributed by atoms with Crippen LogP contribution >= 0.6 is 0 Å². The SMILES string of the molecule is C[C@@H](CN)NCC[C@H]1CCCOC1. The first-order chi connectivity index (χ1) is 6.33. The van der Waals surface area contributed by atoms with Gasteiger partial charge in [-0.25, -0.2) is 0 Å². The van der Waals surface area contributed by atoms with E-state index in [4.69, 9.17) is 10.5 Å². The summed E-state index contributed by atoms with van der Waals surface area (Å²) in [4.78, 5) is 0. The highest BCUT2D eigenvalue weighted by atomic mass is 16.5. The van der Waals surface area contributed by atoms with Crippen LogP contribution < -0.4 is 11.1 Å². The summed E-state index contributed by atoms with van der Waals surface area (Å²) in [5.74, 6) is 0.770. The van der Waals surface area contributed by atoms with Gasteiger partial charge in [0, 0.05) is 25.8 Å². The second kappa shape index (κ2) is 6.35. The molecule has 1 fully saturated rings. The molecular formula is C10H22N2O. The molecule has 0 spiro atoms. The maximum Gasteiger partial charge on any atom is 0.0494 e. The van der Waals surface area contributed by atoms with Crippen molar-refractivity contribution < 1.29 is 4.74 Å². The van der Waals surface area contributed by atoms with Gasteiger partial charge in [0.2, 0.25) is 0 Å².